The van der Waals surface area contributed by atoms with E-state index in [0.29, 0.717) is 49.6 Å². The fourth-order valence-corrected chi connectivity index (χ4v) is 6.30. The fraction of sp³-hybridized carbons (Fsp3) is 0.462. The van der Waals surface area contributed by atoms with Crippen molar-refractivity contribution >= 4 is 44.2 Å². The predicted octanol–water partition coefficient (Wildman–Crippen LogP) is 3.16. The van der Waals surface area contributed by atoms with Crippen molar-refractivity contribution in [3.63, 3.8) is 0 Å². The van der Waals surface area contributed by atoms with E-state index in [0.717, 1.165) is 40.5 Å². The number of piperidine rings is 2. The first-order valence-electron chi connectivity index (χ1n) is 12.9. The Morgan fingerprint density at radius 1 is 1.18 bits per heavy atom. The molecular formula is C26H30FN7O3S. The van der Waals surface area contributed by atoms with Crippen molar-refractivity contribution in [1.82, 2.24) is 15.0 Å². The molecule has 10 nitrogen and oxygen atoms in total. The fourth-order valence-electron chi connectivity index (χ4n) is 5.32. The molecule has 2 atom stereocenters. The first-order chi connectivity index (χ1) is 18.4. The number of carbonyl (C=O) groups excluding carboxylic acids is 1. The molecule has 6 rings (SSSR count). The molecule has 2 saturated heterocycles. The number of carbonyl (C=O) groups is 1. The van der Waals surface area contributed by atoms with Crippen LogP contribution in [0.2, 0.25) is 0 Å². The average molecular weight is 540 g/mol. The lowest BCUT2D eigenvalue weighted by atomic mass is 10.1. The van der Waals surface area contributed by atoms with Crippen LogP contribution in [0.3, 0.4) is 0 Å². The number of fused-ring (bicyclic) bond motifs is 1. The number of aliphatic hydroxyl groups excluding tert-OH is 1. The summed E-state index contributed by atoms with van der Waals surface area (Å²) in [4.78, 5) is 32.5. The number of halogens is 1. The highest BCUT2D eigenvalue weighted by Crippen LogP contribution is 2.44. The quantitative estimate of drug-likeness (QED) is 0.504. The van der Waals surface area contributed by atoms with Gasteiger partial charge < -0.3 is 25.4 Å². The van der Waals surface area contributed by atoms with E-state index in [1.807, 2.05) is 30.0 Å². The maximum atomic E-state index is 14.1. The number of ether oxygens (including phenoxy) is 1. The molecule has 0 aliphatic carbocycles. The van der Waals surface area contributed by atoms with Gasteiger partial charge in [-0.25, -0.2) is 9.37 Å². The van der Waals surface area contributed by atoms with E-state index in [2.05, 4.69) is 9.88 Å². The summed E-state index contributed by atoms with van der Waals surface area (Å²) in [5.41, 5.74) is 8.85. The van der Waals surface area contributed by atoms with E-state index in [-0.39, 0.29) is 11.8 Å². The van der Waals surface area contributed by atoms with Crippen molar-refractivity contribution in [2.45, 2.75) is 51.1 Å². The molecule has 0 spiro atoms. The number of aryl methyl sites for hydroxylation is 1. The molecule has 38 heavy (non-hydrogen) atoms. The van der Waals surface area contributed by atoms with Gasteiger partial charge in [-0.3, -0.25) is 14.7 Å². The van der Waals surface area contributed by atoms with E-state index in [4.69, 9.17) is 20.4 Å². The number of thiazole rings is 1. The minimum atomic E-state index is -0.849. The number of rotatable bonds is 5. The molecule has 0 radical (unpaired) electrons. The lowest BCUT2D eigenvalue weighted by Crippen LogP contribution is -2.38. The number of β-amino-alcohol motifs (C(OH)–C–C–N with tert-alkyl or cyclic N) is 1. The lowest BCUT2D eigenvalue weighted by Gasteiger charge is -2.34. The van der Waals surface area contributed by atoms with Crippen molar-refractivity contribution < 1.29 is 19.0 Å². The van der Waals surface area contributed by atoms with Crippen LogP contribution >= 0.6 is 11.3 Å². The van der Waals surface area contributed by atoms with E-state index < -0.39 is 18.3 Å². The first-order valence-corrected chi connectivity index (χ1v) is 13.7. The smallest absolute Gasteiger partial charge is 0.268 e. The number of alkyl halides is 1. The Labute approximate surface area is 223 Å². The summed E-state index contributed by atoms with van der Waals surface area (Å²) >= 11 is 1.49. The van der Waals surface area contributed by atoms with Crippen molar-refractivity contribution in [3.8, 4) is 0 Å². The number of amides is 1. The molecule has 0 aromatic carbocycles. The van der Waals surface area contributed by atoms with E-state index in [9.17, 15) is 14.3 Å². The van der Waals surface area contributed by atoms with Crippen LogP contribution in [0, 0.1) is 6.92 Å². The normalized spacial score (nSPS) is 22.6. The second kappa shape index (κ2) is 9.99. The number of nitrogens with zero attached hydrogens (tertiary/aromatic N) is 6. The van der Waals surface area contributed by atoms with Crippen LogP contribution in [0.1, 0.15) is 43.2 Å². The summed E-state index contributed by atoms with van der Waals surface area (Å²) in [5, 5.41) is 11.0. The predicted molar refractivity (Wildman–Crippen MR) is 144 cm³/mol. The molecule has 1 amide bonds. The number of pyridine rings is 2. The maximum absolute atomic E-state index is 14.1. The summed E-state index contributed by atoms with van der Waals surface area (Å²) in [6.45, 7) is 4.22. The monoisotopic (exact) mass is 539 g/mol. The molecule has 0 saturated carbocycles. The van der Waals surface area contributed by atoms with Gasteiger partial charge in [-0.05, 0) is 50.8 Å². The molecule has 6 heterocycles. The minimum Gasteiger partial charge on any atom is -0.471 e. The lowest BCUT2D eigenvalue weighted by molar-refractivity contribution is -0.114. The van der Waals surface area contributed by atoms with Crippen molar-refractivity contribution in [1.29, 1.82) is 0 Å². The van der Waals surface area contributed by atoms with Gasteiger partial charge >= 0.3 is 0 Å². The first kappa shape index (κ1) is 24.8. The van der Waals surface area contributed by atoms with Gasteiger partial charge in [-0.2, -0.15) is 4.98 Å². The van der Waals surface area contributed by atoms with Crippen molar-refractivity contribution in [3.05, 3.63) is 47.6 Å². The number of anilines is 3. The van der Waals surface area contributed by atoms with E-state index in [1.54, 1.807) is 11.1 Å². The Hall–Kier alpha value is -3.51. The third-order valence-electron chi connectivity index (χ3n) is 7.24. The van der Waals surface area contributed by atoms with Gasteiger partial charge in [0, 0.05) is 43.6 Å². The van der Waals surface area contributed by atoms with Gasteiger partial charge in [0.15, 0.2) is 16.6 Å². The average Bonchev–Trinajstić information content (AvgIpc) is 3.53. The molecule has 2 unspecified atom stereocenters. The summed E-state index contributed by atoms with van der Waals surface area (Å²) in [5.74, 6) is -0.0209. The van der Waals surface area contributed by atoms with Gasteiger partial charge in [-0.1, -0.05) is 11.3 Å². The molecule has 200 valence electrons. The highest BCUT2D eigenvalue weighted by atomic mass is 32.1. The second-order valence-corrected chi connectivity index (χ2v) is 11.0. The number of primary amides is 1. The minimum absolute atomic E-state index is 0.205. The van der Waals surface area contributed by atoms with Crippen LogP contribution < -0.4 is 20.4 Å². The standard InChI is InChI=1S/C26H30FN7O3S/c1-15-11-16(4-7-29-15)25-34(20(14-37-25)22(28)36)19-12-21-23(30-24(19)32-9-5-17(27)6-10-32)31-26(38-21)33-8-2-3-18(35)13-33/h4,7,11-12,14,17-18,25,35H,2-3,5-6,8-10,13H2,1H3,(H2,28,36). The van der Waals surface area contributed by atoms with E-state index >= 15 is 0 Å². The second-order valence-electron chi connectivity index (χ2n) is 10.0. The van der Waals surface area contributed by atoms with Crippen molar-refractivity contribution in [2.24, 2.45) is 5.73 Å². The zero-order chi connectivity index (χ0) is 26.4. The van der Waals surface area contributed by atoms with Gasteiger partial charge in [0.05, 0.1) is 16.5 Å². The third-order valence-corrected chi connectivity index (χ3v) is 8.30. The van der Waals surface area contributed by atoms with Crippen LogP contribution in [0.15, 0.2) is 36.4 Å². The molecule has 3 aromatic heterocycles. The Morgan fingerprint density at radius 2 is 2.00 bits per heavy atom. The number of hydrogen-bond donors (Lipinski definition) is 2. The van der Waals surface area contributed by atoms with Gasteiger partial charge in [0.25, 0.3) is 5.91 Å². The summed E-state index contributed by atoms with van der Waals surface area (Å²) in [7, 11) is 0. The molecule has 2 fully saturated rings. The zero-order valence-electron chi connectivity index (χ0n) is 21.1. The van der Waals surface area contributed by atoms with Crippen LogP contribution in [-0.2, 0) is 9.53 Å². The van der Waals surface area contributed by atoms with Gasteiger partial charge in [0.1, 0.15) is 18.1 Å². The van der Waals surface area contributed by atoms with Crippen LogP contribution in [0.5, 0.6) is 0 Å². The SMILES string of the molecule is Cc1cc(C2OC=C(C(N)=O)N2c2cc3sc(N4CCCC(O)C4)nc3nc2N2CCC(F)CC2)ccn1. The molecule has 3 aromatic rings. The summed E-state index contributed by atoms with van der Waals surface area (Å²) in [6, 6.07) is 5.71. The highest BCUT2D eigenvalue weighted by molar-refractivity contribution is 7.22. The molecule has 3 N–H and O–H groups in total. The Bertz CT molecular complexity index is 1390. The number of aromatic nitrogens is 3. The molecule has 3 aliphatic rings. The Morgan fingerprint density at radius 3 is 2.74 bits per heavy atom. The maximum Gasteiger partial charge on any atom is 0.268 e. The summed E-state index contributed by atoms with van der Waals surface area (Å²) < 4.78 is 20.9. The van der Waals surface area contributed by atoms with Crippen molar-refractivity contribution in [2.75, 3.05) is 40.9 Å². The third kappa shape index (κ3) is 4.62. The molecular weight excluding hydrogens is 509 g/mol. The van der Waals surface area contributed by atoms with Crippen LogP contribution in [-0.4, -0.2) is 64.4 Å². The van der Waals surface area contributed by atoms with Gasteiger partial charge in [0.2, 0.25) is 6.23 Å². The molecule has 12 heteroatoms. The number of hydrogen-bond acceptors (Lipinski definition) is 10. The Balaban J connectivity index is 1.48. The largest absolute Gasteiger partial charge is 0.471 e. The van der Waals surface area contributed by atoms with Crippen LogP contribution in [0.25, 0.3) is 10.3 Å². The number of aliphatic hydroxyl groups is 1. The zero-order valence-corrected chi connectivity index (χ0v) is 21.9. The Kier molecular flexibility index (Phi) is 6.52. The highest BCUT2D eigenvalue weighted by Gasteiger charge is 2.37. The van der Waals surface area contributed by atoms with Crippen LogP contribution in [0.4, 0.5) is 21.0 Å². The van der Waals surface area contributed by atoms with Gasteiger partial charge in [-0.15, -0.1) is 0 Å². The number of nitrogens with two attached hydrogens (primary N) is 1. The summed E-state index contributed by atoms with van der Waals surface area (Å²) in [6.07, 6.45) is 3.67. The topological polar surface area (TPSA) is 121 Å². The molecule has 3 aliphatic heterocycles. The molecule has 0 bridgehead atoms. The van der Waals surface area contributed by atoms with E-state index in [1.165, 1.54) is 17.6 Å².